The van der Waals surface area contributed by atoms with E-state index < -0.39 is 0 Å². The fourth-order valence-corrected chi connectivity index (χ4v) is 3.35. The molecule has 1 aliphatic rings. The van der Waals surface area contributed by atoms with Crippen molar-refractivity contribution in [2.75, 3.05) is 19.6 Å². The highest BCUT2D eigenvalue weighted by molar-refractivity contribution is 5.94. The zero-order chi connectivity index (χ0) is 16.9. The number of nitrogens with zero attached hydrogens (tertiary/aromatic N) is 3. The molecule has 2 aromatic rings. The Hall–Kier alpha value is -2.14. The van der Waals surface area contributed by atoms with Crippen molar-refractivity contribution in [1.82, 2.24) is 20.0 Å². The topological polar surface area (TPSA) is 50.2 Å². The molecule has 24 heavy (non-hydrogen) atoms. The van der Waals surface area contributed by atoms with Crippen molar-refractivity contribution in [3.05, 3.63) is 53.3 Å². The lowest BCUT2D eigenvalue weighted by Crippen LogP contribution is -2.38. The van der Waals surface area contributed by atoms with E-state index in [1.165, 1.54) is 5.56 Å². The quantitative estimate of drug-likeness (QED) is 0.918. The average molecular weight is 326 g/mol. The van der Waals surface area contributed by atoms with E-state index in [9.17, 15) is 4.79 Å². The Bertz CT molecular complexity index is 672. The molecule has 0 aliphatic carbocycles. The lowest BCUT2D eigenvalue weighted by molar-refractivity contribution is 0.0934. The summed E-state index contributed by atoms with van der Waals surface area (Å²) in [5, 5.41) is 7.30. The van der Waals surface area contributed by atoms with Crippen LogP contribution in [0.3, 0.4) is 0 Å². The molecular weight excluding hydrogens is 300 g/mol. The normalized spacial score (nSPS) is 16.2. The molecular formula is C19H26N4O. The molecule has 0 unspecified atom stereocenters. The number of aromatic nitrogens is 2. The van der Waals surface area contributed by atoms with Gasteiger partial charge in [-0.15, -0.1) is 0 Å². The SMILES string of the molecule is Cc1nn(C)cc1C(=O)NCC1CCN(Cc2ccccc2)CC1. The minimum Gasteiger partial charge on any atom is -0.352 e. The molecule has 0 atom stereocenters. The van der Waals surface area contributed by atoms with Gasteiger partial charge in [0.15, 0.2) is 0 Å². The van der Waals surface area contributed by atoms with Gasteiger partial charge in [-0.3, -0.25) is 14.4 Å². The Kier molecular flexibility index (Phi) is 5.30. The second-order valence-electron chi connectivity index (χ2n) is 6.72. The molecule has 1 fully saturated rings. The molecule has 0 bridgehead atoms. The fourth-order valence-electron chi connectivity index (χ4n) is 3.35. The first-order valence-electron chi connectivity index (χ1n) is 8.66. The van der Waals surface area contributed by atoms with Gasteiger partial charge in [0.1, 0.15) is 0 Å². The number of carbonyl (C=O) groups excluding carboxylic acids is 1. The third kappa shape index (κ3) is 4.23. The van der Waals surface area contributed by atoms with Gasteiger partial charge in [0, 0.05) is 26.3 Å². The molecule has 1 N–H and O–H groups in total. The van der Waals surface area contributed by atoms with E-state index in [0.717, 1.165) is 44.7 Å². The first kappa shape index (κ1) is 16.7. The maximum absolute atomic E-state index is 12.3. The van der Waals surface area contributed by atoms with Crippen molar-refractivity contribution < 1.29 is 4.79 Å². The Morgan fingerprint density at radius 1 is 1.25 bits per heavy atom. The van der Waals surface area contributed by atoms with Crippen LogP contribution in [-0.2, 0) is 13.6 Å². The molecule has 1 aliphatic heterocycles. The number of amides is 1. The molecule has 1 saturated heterocycles. The van der Waals surface area contributed by atoms with Crippen molar-refractivity contribution in [1.29, 1.82) is 0 Å². The van der Waals surface area contributed by atoms with Crippen LogP contribution in [0.4, 0.5) is 0 Å². The summed E-state index contributed by atoms with van der Waals surface area (Å²) in [7, 11) is 1.84. The van der Waals surface area contributed by atoms with Crippen molar-refractivity contribution in [2.45, 2.75) is 26.3 Å². The van der Waals surface area contributed by atoms with Crippen LogP contribution in [0.2, 0.25) is 0 Å². The average Bonchev–Trinajstić information content (AvgIpc) is 2.93. The van der Waals surface area contributed by atoms with Gasteiger partial charge in [-0.25, -0.2) is 0 Å². The smallest absolute Gasteiger partial charge is 0.254 e. The Morgan fingerprint density at radius 3 is 2.58 bits per heavy atom. The Morgan fingerprint density at radius 2 is 1.96 bits per heavy atom. The molecule has 1 aromatic heterocycles. The fraction of sp³-hybridized carbons (Fsp3) is 0.474. The van der Waals surface area contributed by atoms with Gasteiger partial charge in [0.2, 0.25) is 0 Å². The summed E-state index contributed by atoms with van der Waals surface area (Å²) in [6.07, 6.45) is 4.06. The van der Waals surface area contributed by atoms with E-state index in [2.05, 4.69) is 45.6 Å². The summed E-state index contributed by atoms with van der Waals surface area (Å²) in [4.78, 5) is 14.8. The summed E-state index contributed by atoms with van der Waals surface area (Å²) in [6, 6.07) is 10.6. The number of aryl methyl sites for hydroxylation is 2. The third-order valence-electron chi connectivity index (χ3n) is 4.77. The summed E-state index contributed by atoms with van der Waals surface area (Å²) in [6.45, 7) is 5.85. The highest BCUT2D eigenvalue weighted by Crippen LogP contribution is 2.18. The molecule has 1 amide bonds. The molecule has 2 heterocycles. The predicted octanol–water partition coefficient (Wildman–Crippen LogP) is 2.37. The number of nitrogens with one attached hydrogen (secondary N) is 1. The summed E-state index contributed by atoms with van der Waals surface area (Å²) >= 11 is 0. The van der Waals surface area contributed by atoms with E-state index in [4.69, 9.17) is 0 Å². The number of carbonyl (C=O) groups is 1. The molecule has 128 valence electrons. The number of piperidine rings is 1. The molecule has 3 rings (SSSR count). The van der Waals surface area contributed by atoms with Gasteiger partial charge >= 0.3 is 0 Å². The van der Waals surface area contributed by atoms with Gasteiger partial charge in [0.05, 0.1) is 11.3 Å². The lowest BCUT2D eigenvalue weighted by atomic mass is 9.96. The molecule has 5 heteroatoms. The lowest BCUT2D eigenvalue weighted by Gasteiger charge is -2.32. The van der Waals surface area contributed by atoms with Gasteiger partial charge in [0.25, 0.3) is 5.91 Å². The largest absolute Gasteiger partial charge is 0.352 e. The van der Waals surface area contributed by atoms with Crippen LogP contribution in [0.25, 0.3) is 0 Å². The molecule has 5 nitrogen and oxygen atoms in total. The van der Waals surface area contributed by atoms with Crippen molar-refractivity contribution in [2.24, 2.45) is 13.0 Å². The zero-order valence-electron chi connectivity index (χ0n) is 14.5. The van der Waals surface area contributed by atoms with Crippen LogP contribution in [0.15, 0.2) is 36.5 Å². The highest BCUT2D eigenvalue weighted by atomic mass is 16.1. The van der Waals surface area contributed by atoms with Crippen molar-refractivity contribution in [3.63, 3.8) is 0 Å². The Labute approximate surface area is 143 Å². The molecule has 1 aromatic carbocycles. The minimum atomic E-state index is -0.00712. The van der Waals surface area contributed by atoms with E-state index in [0.29, 0.717) is 11.5 Å². The third-order valence-corrected chi connectivity index (χ3v) is 4.77. The minimum absolute atomic E-state index is 0.00712. The number of likely N-dealkylation sites (tertiary alicyclic amines) is 1. The summed E-state index contributed by atoms with van der Waals surface area (Å²) < 4.78 is 1.69. The van der Waals surface area contributed by atoms with Crippen LogP contribution >= 0.6 is 0 Å². The first-order valence-corrected chi connectivity index (χ1v) is 8.66. The van der Waals surface area contributed by atoms with Gasteiger partial charge in [-0.2, -0.15) is 5.10 Å². The maximum atomic E-state index is 12.3. The van der Waals surface area contributed by atoms with E-state index in [1.54, 1.807) is 10.9 Å². The monoisotopic (exact) mass is 326 g/mol. The molecule has 0 radical (unpaired) electrons. The highest BCUT2D eigenvalue weighted by Gasteiger charge is 2.20. The summed E-state index contributed by atoms with van der Waals surface area (Å²) in [5.74, 6) is 0.560. The van der Waals surface area contributed by atoms with Gasteiger partial charge in [-0.1, -0.05) is 30.3 Å². The number of hydrogen-bond acceptors (Lipinski definition) is 3. The second kappa shape index (κ2) is 7.62. The molecule has 0 saturated carbocycles. The van der Waals surface area contributed by atoms with Crippen molar-refractivity contribution in [3.8, 4) is 0 Å². The van der Waals surface area contributed by atoms with Crippen LogP contribution in [0.1, 0.15) is 34.5 Å². The van der Waals surface area contributed by atoms with E-state index >= 15 is 0 Å². The van der Waals surface area contributed by atoms with Crippen LogP contribution in [0.5, 0.6) is 0 Å². The number of hydrogen-bond donors (Lipinski definition) is 1. The zero-order valence-corrected chi connectivity index (χ0v) is 14.5. The molecule has 0 spiro atoms. The Balaban J connectivity index is 1.42. The first-order chi connectivity index (χ1) is 11.6. The standard InChI is InChI=1S/C19H26N4O/c1-15-18(14-22(2)21-15)19(24)20-12-16-8-10-23(11-9-16)13-17-6-4-3-5-7-17/h3-7,14,16H,8-13H2,1-2H3,(H,20,24). The van der Waals surface area contributed by atoms with Crippen molar-refractivity contribution >= 4 is 5.91 Å². The van der Waals surface area contributed by atoms with E-state index in [1.807, 2.05) is 14.0 Å². The van der Waals surface area contributed by atoms with Gasteiger partial charge < -0.3 is 5.32 Å². The van der Waals surface area contributed by atoms with Crippen LogP contribution < -0.4 is 5.32 Å². The van der Waals surface area contributed by atoms with E-state index in [-0.39, 0.29) is 5.91 Å². The maximum Gasteiger partial charge on any atom is 0.254 e. The second-order valence-corrected chi connectivity index (χ2v) is 6.72. The predicted molar refractivity (Wildman–Crippen MR) is 94.7 cm³/mol. The van der Waals surface area contributed by atoms with Gasteiger partial charge in [-0.05, 0) is 44.3 Å². The number of rotatable bonds is 5. The summed E-state index contributed by atoms with van der Waals surface area (Å²) in [5.41, 5.74) is 2.84. The van der Waals surface area contributed by atoms with Crippen LogP contribution in [-0.4, -0.2) is 40.2 Å². The number of benzene rings is 1. The van der Waals surface area contributed by atoms with Crippen LogP contribution in [0, 0.1) is 12.8 Å².